The average Bonchev–Trinajstić information content (AvgIpc) is 2.18. The molecule has 3 nitrogen and oxygen atoms in total. The van der Waals surface area contributed by atoms with Gasteiger partial charge < -0.3 is 10.5 Å². The normalized spacial score (nSPS) is 12.2. The van der Waals surface area contributed by atoms with Gasteiger partial charge in [-0.1, -0.05) is 23.7 Å². The smallest absolute Gasteiger partial charge is 0.307 e. The van der Waals surface area contributed by atoms with Gasteiger partial charge in [0.05, 0.1) is 13.0 Å². The second kappa shape index (κ2) is 5.73. The van der Waals surface area contributed by atoms with Crippen molar-refractivity contribution in [3.8, 4) is 0 Å². The van der Waals surface area contributed by atoms with Gasteiger partial charge in [-0.05, 0) is 24.6 Å². The van der Waals surface area contributed by atoms with E-state index in [2.05, 4.69) is 0 Å². The molecule has 0 aliphatic rings. The topological polar surface area (TPSA) is 52.3 Å². The summed E-state index contributed by atoms with van der Waals surface area (Å²) in [4.78, 5) is 11.2. The summed E-state index contributed by atoms with van der Waals surface area (Å²) in [5, 5.41) is 0.617. The van der Waals surface area contributed by atoms with E-state index in [1.165, 1.54) is 0 Å². The van der Waals surface area contributed by atoms with Gasteiger partial charge in [0.15, 0.2) is 0 Å². The van der Waals surface area contributed by atoms with Gasteiger partial charge in [-0.2, -0.15) is 0 Å². The summed E-state index contributed by atoms with van der Waals surface area (Å²) < 4.78 is 4.81. The molecule has 0 saturated carbocycles. The lowest BCUT2D eigenvalue weighted by atomic mass is 10.1. The molecule has 0 spiro atoms. The van der Waals surface area contributed by atoms with E-state index >= 15 is 0 Å². The van der Waals surface area contributed by atoms with Gasteiger partial charge in [0.2, 0.25) is 0 Å². The minimum Gasteiger partial charge on any atom is -0.466 e. The molecule has 0 amide bonds. The first-order valence-electron chi connectivity index (χ1n) is 4.80. The van der Waals surface area contributed by atoms with Crippen LogP contribution in [0.5, 0.6) is 0 Å². The lowest BCUT2D eigenvalue weighted by Crippen LogP contribution is -2.17. The van der Waals surface area contributed by atoms with Crippen LogP contribution in [0.1, 0.15) is 24.9 Å². The van der Waals surface area contributed by atoms with E-state index in [1.807, 2.05) is 12.1 Å². The van der Waals surface area contributed by atoms with E-state index in [4.69, 9.17) is 22.1 Å². The van der Waals surface area contributed by atoms with Gasteiger partial charge in [-0.25, -0.2) is 0 Å². The molecule has 0 radical (unpaired) electrons. The molecular formula is C11H14ClNO2. The Morgan fingerprint density at radius 2 is 2.33 bits per heavy atom. The number of nitrogens with two attached hydrogens (primary N) is 1. The van der Waals surface area contributed by atoms with Crippen molar-refractivity contribution in [3.05, 3.63) is 34.9 Å². The highest BCUT2D eigenvalue weighted by atomic mass is 35.5. The van der Waals surface area contributed by atoms with Gasteiger partial charge in [-0.3, -0.25) is 4.79 Å². The van der Waals surface area contributed by atoms with E-state index in [9.17, 15) is 4.79 Å². The Bertz CT molecular complexity index is 341. The molecule has 1 aromatic rings. The summed E-state index contributed by atoms with van der Waals surface area (Å²) in [6, 6.07) is 6.81. The molecule has 0 heterocycles. The third kappa shape index (κ3) is 3.90. The summed E-state index contributed by atoms with van der Waals surface area (Å²) in [7, 11) is 0. The number of hydrogen-bond acceptors (Lipinski definition) is 3. The molecule has 2 N–H and O–H groups in total. The van der Waals surface area contributed by atoms with Gasteiger partial charge in [0.25, 0.3) is 0 Å². The minimum absolute atomic E-state index is 0.175. The number of benzene rings is 1. The molecule has 0 unspecified atom stereocenters. The fourth-order valence-electron chi connectivity index (χ4n) is 1.25. The number of carbonyl (C=O) groups excluding carboxylic acids is 1. The van der Waals surface area contributed by atoms with E-state index in [0.29, 0.717) is 11.6 Å². The van der Waals surface area contributed by atoms with Crippen LogP contribution in [0, 0.1) is 0 Å². The summed E-state index contributed by atoms with van der Waals surface area (Å²) >= 11 is 5.81. The predicted molar refractivity (Wildman–Crippen MR) is 59.6 cm³/mol. The van der Waals surface area contributed by atoms with E-state index in [0.717, 1.165) is 5.56 Å². The van der Waals surface area contributed by atoms with Gasteiger partial charge >= 0.3 is 5.97 Å². The number of carbonyl (C=O) groups is 1. The third-order valence-corrected chi connectivity index (χ3v) is 2.20. The number of esters is 1. The van der Waals surface area contributed by atoms with Crippen LogP contribution in [0.2, 0.25) is 5.02 Å². The zero-order valence-electron chi connectivity index (χ0n) is 8.57. The van der Waals surface area contributed by atoms with Crippen LogP contribution in [0.15, 0.2) is 24.3 Å². The molecule has 82 valence electrons. The Labute approximate surface area is 94.2 Å². The molecule has 0 aliphatic carbocycles. The maximum atomic E-state index is 11.2. The van der Waals surface area contributed by atoms with Crippen molar-refractivity contribution in [2.75, 3.05) is 6.61 Å². The van der Waals surface area contributed by atoms with Crippen molar-refractivity contribution in [2.24, 2.45) is 5.73 Å². The Balaban J connectivity index is 2.60. The van der Waals surface area contributed by atoms with Crippen molar-refractivity contribution in [3.63, 3.8) is 0 Å². The Hall–Kier alpha value is -1.06. The van der Waals surface area contributed by atoms with Crippen molar-refractivity contribution < 1.29 is 9.53 Å². The van der Waals surface area contributed by atoms with Crippen LogP contribution in [0.25, 0.3) is 0 Å². The zero-order chi connectivity index (χ0) is 11.3. The molecule has 0 fully saturated rings. The first kappa shape index (κ1) is 12.0. The van der Waals surface area contributed by atoms with Crippen molar-refractivity contribution >= 4 is 17.6 Å². The van der Waals surface area contributed by atoms with Crippen molar-refractivity contribution in [1.82, 2.24) is 0 Å². The molecule has 1 aromatic carbocycles. The Morgan fingerprint density at radius 3 is 2.93 bits per heavy atom. The summed E-state index contributed by atoms with van der Waals surface area (Å²) in [5.41, 5.74) is 6.68. The van der Waals surface area contributed by atoms with E-state index < -0.39 is 0 Å². The number of ether oxygens (including phenoxy) is 1. The van der Waals surface area contributed by atoms with Crippen LogP contribution in [0.3, 0.4) is 0 Å². The fraction of sp³-hybridized carbons (Fsp3) is 0.364. The average molecular weight is 228 g/mol. The molecule has 4 heteroatoms. The second-order valence-electron chi connectivity index (χ2n) is 3.17. The Kier molecular flexibility index (Phi) is 4.59. The molecule has 0 saturated heterocycles. The third-order valence-electron chi connectivity index (χ3n) is 1.97. The zero-order valence-corrected chi connectivity index (χ0v) is 9.33. The second-order valence-corrected chi connectivity index (χ2v) is 3.61. The first-order chi connectivity index (χ1) is 7.13. The van der Waals surface area contributed by atoms with Crippen LogP contribution in [-0.4, -0.2) is 12.6 Å². The van der Waals surface area contributed by atoms with Crippen LogP contribution in [-0.2, 0) is 9.53 Å². The molecule has 0 bridgehead atoms. The summed E-state index contributed by atoms with van der Waals surface area (Å²) in [6.45, 7) is 2.14. The number of halogens is 1. The standard InChI is InChI=1S/C11H14ClNO2/c1-2-15-11(14)7-10(13)8-4-3-5-9(12)6-8/h3-6,10H,2,7,13H2,1H3/t10-/m0/s1. The lowest BCUT2D eigenvalue weighted by molar-refractivity contribution is -0.143. The minimum atomic E-state index is -0.359. The molecular weight excluding hydrogens is 214 g/mol. The van der Waals surface area contributed by atoms with Crippen molar-refractivity contribution in [2.45, 2.75) is 19.4 Å². The van der Waals surface area contributed by atoms with Crippen LogP contribution in [0.4, 0.5) is 0 Å². The van der Waals surface area contributed by atoms with E-state index in [1.54, 1.807) is 19.1 Å². The predicted octanol–water partition coefficient (Wildman–Crippen LogP) is 2.29. The highest BCUT2D eigenvalue weighted by molar-refractivity contribution is 6.30. The highest BCUT2D eigenvalue weighted by Crippen LogP contribution is 2.18. The van der Waals surface area contributed by atoms with E-state index in [-0.39, 0.29) is 18.4 Å². The lowest BCUT2D eigenvalue weighted by Gasteiger charge is -2.11. The molecule has 15 heavy (non-hydrogen) atoms. The maximum Gasteiger partial charge on any atom is 0.307 e. The van der Waals surface area contributed by atoms with Crippen LogP contribution >= 0.6 is 11.6 Å². The SMILES string of the molecule is CCOC(=O)C[C@H](N)c1cccc(Cl)c1. The first-order valence-corrected chi connectivity index (χ1v) is 5.18. The van der Waals surface area contributed by atoms with Gasteiger partial charge in [-0.15, -0.1) is 0 Å². The quantitative estimate of drug-likeness (QED) is 0.803. The highest BCUT2D eigenvalue weighted by Gasteiger charge is 2.12. The van der Waals surface area contributed by atoms with Gasteiger partial charge in [0.1, 0.15) is 0 Å². The maximum absolute atomic E-state index is 11.2. The number of hydrogen-bond donors (Lipinski definition) is 1. The molecule has 1 rings (SSSR count). The fourth-order valence-corrected chi connectivity index (χ4v) is 1.45. The molecule has 0 aliphatic heterocycles. The Morgan fingerprint density at radius 1 is 1.60 bits per heavy atom. The van der Waals surface area contributed by atoms with Crippen molar-refractivity contribution in [1.29, 1.82) is 0 Å². The monoisotopic (exact) mass is 227 g/mol. The summed E-state index contributed by atoms with van der Waals surface area (Å²) in [5.74, 6) is -0.287. The molecule has 0 aromatic heterocycles. The molecule has 1 atom stereocenters. The summed E-state index contributed by atoms with van der Waals surface area (Å²) in [6.07, 6.45) is 0.175. The van der Waals surface area contributed by atoms with Crippen LogP contribution < -0.4 is 5.73 Å². The number of rotatable bonds is 4. The van der Waals surface area contributed by atoms with Gasteiger partial charge in [0, 0.05) is 11.1 Å². The largest absolute Gasteiger partial charge is 0.466 e.